The highest BCUT2D eigenvalue weighted by molar-refractivity contribution is 7.80. The van der Waals surface area contributed by atoms with E-state index in [1.165, 1.54) is 0 Å². The van der Waals surface area contributed by atoms with Crippen LogP contribution in [0, 0.1) is 6.92 Å². The van der Waals surface area contributed by atoms with E-state index in [9.17, 15) is 0 Å². The van der Waals surface area contributed by atoms with E-state index in [0.29, 0.717) is 16.5 Å². The molecule has 0 saturated carbocycles. The van der Waals surface area contributed by atoms with Gasteiger partial charge >= 0.3 is 0 Å². The summed E-state index contributed by atoms with van der Waals surface area (Å²) in [4.78, 5) is 0.311. The van der Waals surface area contributed by atoms with Crippen molar-refractivity contribution in [3.8, 4) is 11.5 Å². The molecule has 0 aromatic heterocycles. The second-order valence-corrected chi connectivity index (χ2v) is 4.71. The smallest absolute Gasteiger partial charge is 0.137 e. The molecule has 0 atom stereocenters. The normalized spacial score (nSPS) is 10.2. The first-order valence-electron chi connectivity index (χ1n) is 5.88. The SMILES string of the molecule is Cc1ccc(Oc2ccc(CO)cc2)c(C(N)=S)c1. The zero-order valence-electron chi connectivity index (χ0n) is 10.6. The highest BCUT2D eigenvalue weighted by atomic mass is 32.1. The first kappa shape index (κ1) is 13.5. The molecule has 19 heavy (non-hydrogen) atoms. The number of aliphatic hydroxyl groups is 1. The summed E-state index contributed by atoms with van der Waals surface area (Å²) in [5.41, 5.74) is 8.34. The third kappa shape index (κ3) is 3.30. The molecule has 2 aromatic carbocycles. The van der Waals surface area contributed by atoms with Gasteiger partial charge < -0.3 is 15.6 Å². The van der Waals surface area contributed by atoms with Crippen molar-refractivity contribution >= 4 is 17.2 Å². The number of thiocarbonyl (C=S) groups is 1. The van der Waals surface area contributed by atoms with Crippen LogP contribution >= 0.6 is 12.2 Å². The molecular weight excluding hydrogens is 258 g/mol. The highest BCUT2D eigenvalue weighted by Gasteiger charge is 2.08. The van der Waals surface area contributed by atoms with Crippen LogP contribution in [0.2, 0.25) is 0 Å². The predicted molar refractivity (Wildman–Crippen MR) is 79.5 cm³/mol. The van der Waals surface area contributed by atoms with Gasteiger partial charge in [0, 0.05) is 0 Å². The molecule has 0 spiro atoms. The van der Waals surface area contributed by atoms with Gasteiger partial charge in [0.2, 0.25) is 0 Å². The minimum Gasteiger partial charge on any atom is -0.457 e. The van der Waals surface area contributed by atoms with Gasteiger partial charge in [-0.25, -0.2) is 0 Å². The van der Waals surface area contributed by atoms with Gasteiger partial charge in [-0.2, -0.15) is 0 Å². The van der Waals surface area contributed by atoms with Crippen LogP contribution in [-0.4, -0.2) is 10.1 Å². The van der Waals surface area contributed by atoms with Gasteiger partial charge in [0.1, 0.15) is 16.5 Å². The summed E-state index contributed by atoms with van der Waals surface area (Å²) in [6, 6.07) is 12.9. The van der Waals surface area contributed by atoms with E-state index in [1.54, 1.807) is 12.1 Å². The molecule has 0 amide bonds. The van der Waals surface area contributed by atoms with Gasteiger partial charge in [0.15, 0.2) is 0 Å². The van der Waals surface area contributed by atoms with E-state index in [1.807, 2.05) is 37.3 Å². The average molecular weight is 273 g/mol. The fraction of sp³-hybridized carbons (Fsp3) is 0.133. The van der Waals surface area contributed by atoms with Crippen LogP contribution < -0.4 is 10.5 Å². The third-order valence-corrected chi connectivity index (χ3v) is 2.95. The quantitative estimate of drug-likeness (QED) is 0.841. The van der Waals surface area contributed by atoms with E-state index in [-0.39, 0.29) is 6.61 Å². The first-order valence-corrected chi connectivity index (χ1v) is 6.29. The summed E-state index contributed by atoms with van der Waals surface area (Å²) < 4.78 is 5.78. The van der Waals surface area contributed by atoms with Crippen molar-refractivity contribution in [3.63, 3.8) is 0 Å². The number of rotatable bonds is 4. The zero-order chi connectivity index (χ0) is 13.8. The Labute approximate surface area is 117 Å². The number of benzene rings is 2. The third-order valence-electron chi connectivity index (χ3n) is 2.73. The van der Waals surface area contributed by atoms with Gasteiger partial charge in [-0.15, -0.1) is 0 Å². The van der Waals surface area contributed by atoms with Gasteiger partial charge in [-0.3, -0.25) is 0 Å². The van der Waals surface area contributed by atoms with E-state index < -0.39 is 0 Å². The van der Waals surface area contributed by atoms with Gasteiger partial charge in [0.25, 0.3) is 0 Å². The number of hydrogen-bond acceptors (Lipinski definition) is 3. The molecule has 98 valence electrons. The van der Waals surface area contributed by atoms with Crippen molar-refractivity contribution in [2.45, 2.75) is 13.5 Å². The predicted octanol–water partition coefficient (Wildman–Crippen LogP) is 2.91. The molecule has 3 nitrogen and oxygen atoms in total. The zero-order valence-corrected chi connectivity index (χ0v) is 11.4. The van der Waals surface area contributed by atoms with Crippen LogP contribution in [0.4, 0.5) is 0 Å². The standard InChI is InChI=1S/C15H15NO2S/c1-10-2-7-14(13(8-10)15(16)19)18-12-5-3-11(9-17)4-6-12/h2-8,17H,9H2,1H3,(H2,16,19). The number of hydrogen-bond donors (Lipinski definition) is 2. The van der Waals surface area contributed by atoms with E-state index in [0.717, 1.165) is 16.7 Å². The Hall–Kier alpha value is -1.91. The Bertz CT molecular complexity index is 594. The van der Waals surface area contributed by atoms with Crippen molar-refractivity contribution in [2.24, 2.45) is 5.73 Å². The largest absolute Gasteiger partial charge is 0.457 e. The lowest BCUT2D eigenvalue weighted by molar-refractivity contribution is 0.281. The van der Waals surface area contributed by atoms with Crippen LogP contribution in [0.1, 0.15) is 16.7 Å². The number of aliphatic hydroxyl groups excluding tert-OH is 1. The molecule has 0 unspecified atom stereocenters. The lowest BCUT2D eigenvalue weighted by atomic mass is 10.1. The van der Waals surface area contributed by atoms with E-state index in [2.05, 4.69) is 0 Å². The lowest BCUT2D eigenvalue weighted by Gasteiger charge is -2.11. The summed E-state index contributed by atoms with van der Waals surface area (Å²) in [7, 11) is 0. The Morgan fingerprint density at radius 3 is 2.47 bits per heavy atom. The molecule has 4 heteroatoms. The fourth-order valence-electron chi connectivity index (χ4n) is 1.72. The molecule has 2 aromatic rings. The second kappa shape index (κ2) is 5.82. The molecule has 0 radical (unpaired) electrons. The molecule has 0 fully saturated rings. The summed E-state index contributed by atoms with van der Waals surface area (Å²) in [6.45, 7) is 1.99. The van der Waals surface area contributed by atoms with Crippen molar-refractivity contribution in [3.05, 3.63) is 59.2 Å². The van der Waals surface area contributed by atoms with Crippen LogP contribution in [0.3, 0.4) is 0 Å². The van der Waals surface area contributed by atoms with Crippen molar-refractivity contribution in [2.75, 3.05) is 0 Å². The fourth-order valence-corrected chi connectivity index (χ4v) is 1.87. The number of nitrogens with two attached hydrogens (primary N) is 1. The molecular formula is C15H15NO2S. The molecule has 3 N–H and O–H groups in total. The molecule has 0 aliphatic rings. The maximum absolute atomic E-state index is 8.99. The number of ether oxygens (including phenoxy) is 1. The monoisotopic (exact) mass is 273 g/mol. The summed E-state index contributed by atoms with van der Waals surface area (Å²) >= 11 is 5.03. The summed E-state index contributed by atoms with van der Waals surface area (Å²) in [5, 5.41) is 8.99. The van der Waals surface area contributed by atoms with E-state index >= 15 is 0 Å². The van der Waals surface area contributed by atoms with Crippen LogP contribution in [0.15, 0.2) is 42.5 Å². The molecule has 0 saturated heterocycles. The first-order chi connectivity index (χ1) is 9.10. The van der Waals surface area contributed by atoms with Gasteiger partial charge in [-0.05, 0) is 36.8 Å². The summed E-state index contributed by atoms with van der Waals surface area (Å²) in [5.74, 6) is 1.31. The molecule has 0 bridgehead atoms. The Morgan fingerprint density at radius 1 is 1.21 bits per heavy atom. The summed E-state index contributed by atoms with van der Waals surface area (Å²) in [6.07, 6.45) is 0. The molecule has 2 rings (SSSR count). The van der Waals surface area contributed by atoms with Crippen molar-refractivity contribution in [1.29, 1.82) is 0 Å². The lowest BCUT2D eigenvalue weighted by Crippen LogP contribution is -2.11. The maximum atomic E-state index is 8.99. The molecule has 0 aliphatic heterocycles. The Kier molecular flexibility index (Phi) is 4.14. The van der Waals surface area contributed by atoms with Crippen LogP contribution in [-0.2, 0) is 6.61 Å². The maximum Gasteiger partial charge on any atom is 0.137 e. The van der Waals surface area contributed by atoms with Crippen molar-refractivity contribution < 1.29 is 9.84 Å². The Morgan fingerprint density at radius 2 is 1.89 bits per heavy atom. The van der Waals surface area contributed by atoms with Gasteiger partial charge in [0.05, 0.1) is 12.2 Å². The second-order valence-electron chi connectivity index (χ2n) is 4.27. The van der Waals surface area contributed by atoms with Crippen LogP contribution in [0.5, 0.6) is 11.5 Å². The van der Waals surface area contributed by atoms with E-state index in [4.69, 9.17) is 27.8 Å². The molecule has 0 heterocycles. The minimum atomic E-state index is 0.0168. The average Bonchev–Trinajstić information content (AvgIpc) is 2.41. The van der Waals surface area contributed by atoms with Gasteiger partial charge in [-0.1, -0.05) is 36.0 Å². The Balaban J connectivity index is 2.29. The molecule has 0 aliphatic carbocycles. The van der Waals surface area contributed by atoms with Crippen LogP contribution in [0.25, 0.3) is 0 Å². The number of aryl methyl sites for hydroxylation is 1. The topological polar surface area (TPSA) is 55.5 Å². The highest BCUT2D eigenvalue weighted by Crippen LogP contribution is 2.26. The minimum absolute atomic E-state index is 0.0168. The van der Waals surface area contributed by atoms with Crippen molar-refractivity contribution in [1.82, 2.24) is 0 Å².